The van der Waals surface area contributed by atoms with E-state index in [2.05, 4.69) is 4.99 Å². The molecule has 0 aliphatic carbocycles. The molecule has 0 radical (unpaired) electrons. The number of hydrogen-bond acceptors (Lipinski definition) is 3. The van der Waals surface area contributed by atoms with Crippen molar-refractivity contribution in [2.45, 2.75) is 5.75 Å². The molecule has 0 aromatic heterocycles. The lowest BCUT2D eigenvalue weighted by molar-refractivity contribution is 0.415. The van der Waals surface area contributed by atoms with Gasteiger partial charge in [0.05, 0.1) is 12.8 Å². The van der Waals surface area contributed by atoms with Gasteiger partial charge in [-0.3, -0.25) is 0 Å². The summed E-state index contributed by atoms with van der Waals surface area (Å²) >= 11 is 13.4. The van der Waals surface area contributed by atoms with E-state index >= 15 is 0 Å². The molecule has 0 aliphatic heterocycles. The molecule has 2 aromatic carbocycles. The van der Waals surface area contributed by atoms with Gasteiger partial charge >= 0.3 is 0 Å². The van der Waals surface area contributed by atoms with Gasteiger partial charge in [-0.15, -0.1) is 0 Å². The minimum Gasteiger partial charge on any atom is -0.497 e. The van der Waals surface area contributed by atoms with Gasteiger partial charge in [0.1, 0.15) is 5.75 Å². The molecule has 0 amide bonds. The molecule has 2 N–H and O–H groups in total. The van der Waals surface area contributed by atoms with Crippen molar-refractivity contribution in [1.82, 2.24) is 0 Å². The van der Waals surface area contributed by atoms with Crippen LogP contribution >= 0.6 is 35.0 Å². The van der Waals surface area contributed by atoms with Crippen LogP contribution < -0.4 is 10.5 Å². The maximum atomic E-state index is 6.11. The quantitative estimate of drug-likeness (QED) is 0.637. The first-order valence-corrected chi connectivity index (χ1v) is 7.87. The second-order valence-corrected chi connectivity index (χ2v) is 6.01. The summed E-state index contributed by atoms with van der Waals surface area (Å²) < 4.78 is 5.09. The van der Waals surface area contributed by atoms with E-state index in [9.17, 15) is 0 Å². The Balaban J connectivity index is 1.99. The van der Waals surface area contributed by atoms with E-state index in [1.165, 1.54) is 11.8 Å². The first kappa shape index (κ1) is 16.0. The van der Waals surface area contributed by atoms with Crippen molar-refractivity contribution < 1.29 is 4.74 Å². The molecule has 3 nitrogen and oxygen atoms in total. The van der Waals surface area contributed by atoms with Crippen LogP contribution in [-0.2, 0) is 5.75 Å². The van der Waals surface area contributed by atoms with E-state index < -0.39 is 0 Å². The molecule has 6 heteroatoms. The van der Waals surface area contributed by atoms with E-state index in [1.54, 1.807) is 19.2 Å². The average molecular weight is 341 g/mol. The zero-order chi connectivity index (χ0) is 15.2. The van der Waals surface area contributed by atoms with Crippen LogP contribution in [0.2, 0.25) is 10.0 Å². The van der Waals surface area contributed by atoms with Crippen LogP contribution in [0.25, 0.3) is 0 Å². The van der Waals surface area contributed by atoms with Gasteiger partial charge in [-0.05, 0) is 42.0 Å². The summed E-state index contributed by atoms with van der Waals surface area (Å²) in [6.45, 7) is 0. The number of methoxy groups -OCH3 is 1. The third-order valence-corrected chi connectivity index (χ3v) is 4.13. The Morgan fingerprint density at radius 2 is 1.90 bits per heavy atom. The Bertz CT molecular complexity index is 645. The Morgan fingerprint density at radius 3 is 2.52 bits per heavy atom. The van der Waals surface area contributed by atoms with E-state index in [4.69, 9.17) is 33.7 Å². The summed E-state index contributed by atoms with van der Waals surface area (Å²) in [4.78, 5) is 4.33. The van der Waals surface area contributed by atoms with Crippen molar-refractivity contribution in [3.05, 3.63) is 58.1 Å². The van der Waals surface area contributed by atoms with Gasteiger partial charge in [0.25, 0.3) is 0 Å². The van der Waals surface area contributed by atoms with Gasteiger partial charge in [0, 0.05) is 15.8 Å². The Morgan fingerprint density at radius 1 is 1.19 bits per heavy atom. The third-order valence-electron chi connectivity index (χ3n) is 2.70. The lowest BCUT2D eigenvalue weighted by Gasteiger charge is -2.05. The standard InChI is InChI=1S/C15H14Cl2N2OS/c1-20-13-6-4-12(5-7-13)19-15(18)21-9-10-2-3-11(16)8-14(10)17/h2-8H,9H2,1H3,(H2,18,19). The SMILES string of the molecule is COc1ccc(N=C(N)SCc2ccc(Cl)cc2Cl)cc1. The van der Waals surface area contributed by atoms with Gasteiger partial charge < -0.3 is 10.5 Å². The second-order valence-electron chi connectivity index (χ2n) is 4.17. The van der Waals surface area contributed by atoms with Crippen molar-refractivity contribution in [3.63, 3.8) is 0 Å². The van der Waals surface area contributed by atoms with E-state index in [0.717, 1.165) is 17.0 Å². The molecule has 0 unspecified atom stereocenters. The molecule has 0 fully saturated rings. The molecule has 2 aromatic rings. The van der Waals surface area contributed by atoms with E-state index in [-0.39, 0.29) is 0 Å². The third kappa shape index (κ3) is 4.84. The largest absolute Gasteiger partial charge is 0.497 e. The smallest absolute Gasteiger partial charge is 0.159 e. The lowest BCUT2D eigenvalue weighted by atomic mass is 10.2. The Labute approximate surface area is 138 Å². The number of ether oxygens (including phenoxy) is 1. The maximum Gasteiger partial charge on any atom is 0.159 e. The fraction of sp³-hybridized carbons (Fsp3) is 0.133. The van der Waals surface area contributed by atoms with Gasteiger partial charge in [-0.1, -0.05) is 41.0 Å². The monoisotopic (exact) mass is 340 g/mol. The lowest BCUT2D eigenvalue weighted by Crippen LogP contribution is -2.06. The highest BCUT2D eigenvalue weighted by atomic mass is 35.5. The number of nitrogens with zero attached hydrogens (tertiary/aromatic N) is 1. The summed E-state index contributed by atoms with van der Waals surface area (Å²) in [6.07, 6.45) is 0. The highest BCUT2D eigenvalue weighted by molar-refractivity contribution is 8.13. The zero-order valence-electron chi connectivity index (χ0n) is 11.3. The number of nitrogens with two attached hydrogens (primary N) is 1. The fourth-order valence-electron chi connectivity index (χ4n) is 1.61. The number of aliphatic imine (C=N–C) groups is 1. The molecule has 0 spiro atoms. The van der Waals surface area contributed by atoms with Crippen LogP contribution in [-0.4, -0.2) is 12.3 Å². The number of rotatable bonds is 4. The Hall–Kier alpha value is -1.36. The van der Waals surface area contributed by atoms with E-state index in [1.807, 2.05) is 30.3 Å². The van der Waals surface area contributed by atoms with Crippen molar-refractivity contribution in [2.75, 3.05) is 7.11 Å². The average Bonchev–Trinajstić information content (AvgIpc) is 2.47. The molecule has 0 saturated carbocycles. The number of benzene rings is 2. The van der Waals surface area contributed by atoms with Gasteiger partial charge in [0.15, 0.2) is 5.17 Å². The minimum absolute atomic E-state index is 0.478. The topological polar surface area (TPSA) is 47.6 Å². The van der Waals surface area contributed by atoms with Crippen LogP contribution in [0, 0.1) is 0 Å². The van der Waals surface area contributed by atoms with Crippen LogP contribution in [0.3, 0.4) is 0 Å². The number of halogens is 2. The van der Waals surface area contributed by atoms with Gasteiger partial charge in [-0.2, -0.15) is 0 Å². The normalized spacial score (nSPS) is 11.5. The second kappa shape index (κ2) is 7.59. The van der Waals surface area contributed by atoms with Crippen LogP contribution in [0.4, 0.5) is 5.69 Å². The summed E-state index contributed by atoms with van der Waals surface area (Å²) in [5, 5.41) is 1.73. The summed E-state index contributed by atoms with van der Waals surface area (Å²) in [5.41, 5.74) is 7.67. The van der Waals surface area contributed by atoms with Crippen molar-refractivity contribution >= 4 is 45.8 Å². The van der Waals surface area contributed by atoms with Crippen molar-refractivity contribution in [3.8, 4) is 5.75 Å². The number of hydrogen-bond donors (Lipinski definition) is 1. The Kier molecular flexibility index (Phi) is 5.79. The van der Waals surface area contributed by atoms with Gasteiger partial charge in [-0.25, -0.2) is 4.99 Å². The predicted molar refractivity (Wildman–Crippen MR) is 92.0 cm³/mol. The molecule has 0 heterocycles. The van der Waals surface area contributed by atoms with E-state index in [0.29, 0.717) is 21.0 Å². The first-order valence-electron chi connectivity index (χ1n) is 6.13. The molecule has 0 bridgehead atoms. The molecule has 0 saturated heterocycles. The van der Waals surface area contributed by atoms with Crippen LogP contribution in [0.5, 0.6) is 5.75 Å². The molecule has 0 aliphatic rings. The molecular weight excluding hydrogens is 327 g/mol. The molecular formula is C15H14Cl2N2OS. The maximum absolute atomic E-state index is 6.11. The van der Waals surface area contributed by atoms with Crippen LogP contribution in [0.1, 0.15) is 5.56 Å². The fourth-order valence-corrected chi connectivity index (χ4v) is 2.89. The highest BCUT2D eigenvalue weighted by Crippen LogP contribution is 2.25. The first-order chi connectivity index (χ1) is 10.1. The predicted octanol–water partition coefficient (Wildman–Crippen LogP) is 4.88. The molecule has 2 rings (SSSR count). The van der Waals surface area contributed by atoms with Crippen LogP contribution in [0.15, 0.2) is 47.5 Å². The highest BCUT2D eigenvalue weighted by Gasteiger charge is 2.03. The number of thioether (sulfide) groups is 1. The molecule has 0 atom stereocenters. The minimum atomic E-state index is 0.478. The summed E-state index contributed by atoms with van der Waals surface area (Å²) in [5.74, 6) is 1.43. The number of amidine groups is 1. The summed E-state index contributed by atoms with van der Waals surface area (Å²) in [6, 6.07) is 12.8. The molecule has 21 heavy (non-hydrogen) atoms. The van der Waals surface area contributed by atoms with Crippen molar-refractivity contribution in [2.24, 2.45) is 10.7 Å². The van der Waals surface area contributed by atoms with Gasteiger partial charge in [0.2, 0.25) is 0 Å². The summed E-state index contributed by atoms with van der Waals surface area (Å²) in [7, 11) is 1.62. The molecule has 110 valence electrons. The zero-order valence-corrected chi connectivity index (χ0v) is 13.7. The van der Waals surface area contributed by atoms with Crippen molar-refractivity contribution in [1.29, 1.82) is 0 Å².